The number of hydrogen-bond acceptors (Lipinski definition) is 4. The summed E-state index contributed by atoms with van der Waals surface area (Å²) in [5, 5.41) is 9.42. The van der Waals surface area contributed by atoms with Crippen LogP contribution in [0.1, 0.15) is 48.4 Å². The number of aromatic nitrogens is 2. The highest BCUT2D eigenvalue weighted by Gasteiger charge is 2.47. The largest absolute Gasteiger partial charge is 0.497 e. The highest BCUT2D eigenvalue weighted by atomic mass is 35.5. The predicted molar refractivity (Wildman–Crippen MR) is 103 cm³/mol. The Labute approximate surface area is 171 Å². The van der Waals surface area contributed by atoms with E-state index in [-0.39, 0.29) is 28.9 Å². The molecule has 10 heteroatoms. The molecular weight excluding hydrogens is 409 g/mol. The number of fused-ring (bicyclic) bond motifs is 1. The Bertz CT molecular complexity index is 881. The van der Waals surface area contributed by atoms with Gasteiger partial charge in [-0.1, -0.05) is 37.6 Å². The lowest BCUT2D eigenvalue weighted by Gasteiger charge is -2.33. The van der Waals surface area contributed by atoms with Crippen LogP contribution in [0.2, 0.25) is 5.02 Å². The number of carbonyl (C=O) groups is 1. The number of hydrogen-bond donors (Lipinski definition) is 2. The molecule has 2 heterocycles. The van der Waals surface area contributed by atoms with Crippen LogP contribution in [-0.4, -0.2) is 35.5 Å². The molecule has 2 aromatic rings. The first kappa shape index (κ1) is 21.3. The van der Waals surface area contributed by atoms with Crippen molar-refractivity contribution in [3.8, 4) is 5.75 Å². The number of carbonyl (C=O) groups excluding carboxylic acids is 1. The molecule has 29 heavy (non-hydrogen) atoms. The molecule has 1 aromatic carbocycles. The SMILES string of the molecule is COc1ccc([C@H]2C[C@@H](C(F)(F)F)n3nc(C(=O)NCC(C)C)c(Cl)c3N2)cc1. The van der Waals surface area contributed by atoms with E-state index in [0.717, 1.165) is 4.68 Å². The van der Waals surface area contributed by atoms with E-state index in [2.05, 4.69) is 15.7 Å². The summed E-state index contributed by atoms with van der Waals surface area (Å²) in [5.74, 6) is 0.157. The van der Waals surface area contributed by atoms with Crippen molar-refractivity contribution in [3.63, 3.8) is 0 Å². The molecule has 0 saturated heterocycles. The number of ether oxygens (including phenoxy) is 1. The number of nitrogens with zero attached hydrogens (tertiary/aromatic N) is 2. The topological polar surface area (TPSA) is 68.2 Å². The molecule has 0 saturated carbocycles. The van der Waals surface area contributed by atoms with E-state index >= 15 is 0 Å². The first-order valence-corrected chi connectivity index (χ1v) is 9.53. The minimum atomic E-state index is -4.55. The van der Waals surface area contributed by atoms with E-state index in [1.165, 1.54) is 7.11 Å². The molecular formula is C19H22ClF3N4O2. The number of benzene rings is 1. The Hall–Kier alpha value is -2.42. The summed E-state index contributed by atoms with van der Waals surface area (Å²) in [7, 11) is 1.51. The molecule has 2 atom stereocenters. The van der Waals surface area contributed by atoms with Gasteiger partial charge in [-0.25, -0.2) is 4.68 Å². The van der Waals surface area contributed by atoms with Crippen molar-refractivity contribution >= 4 is 23.3 Å². The molecule has 0 aliphatic carbocycles. The fourth-order valence-electron chi connectivity index (χ4n) is 3.17. The van der Waals surface area contributed by atoms with Gasteiger partial charge < -0.3 is 15.4 Å². The zero-order valence-corrected chi connectivity index (χ0v) is 16.9. The van der Waals surface area contributed by atoms with Crippen molar-refractivity contribution in [2.24, 2.45) is 5.92 Å². The van der Waals surface area contributed by atoms with Crippen molar-refractivity contribution < 1.29 is 22.7 Å². The van der Waals surface area contributed by atoms with Crippen LogP contribution in [0, 0.1) is 5.92 Å². The highest BCUT2D eigenvalue weighted by Crippen LogP contribution is 2.46. The van der Waals surface area contributed by atoms with E-state index in [9.17, 15) is 18.0 Å². The molecule has 1 aliphatic heterocycles. The first-order valence-electron chi connectivity index (χ1n) is 9.15. The number of nitrogens with one attached hydrogen (secondary N) is 2. The van der Waals surface area contributed by atoms with Gasteiger partial charge in [0.1, 0.15) is 16.6 Å². The summed E-state index contributed by atoms with van der Waals surface area (Å²) < 4.78 is 47.2. The second-order valence-electron chi connectivity index (χ2n) is 7.32. The minimum Gasteiger partial charge on any atom is -0.497 e. The highest BCUT2D eigenvalue weighted by molar-refractivity contribution is 6.36. The Morgan fingerprint density at radius 3 is 2.59 bits per heavy atom. The van der Waals surface area contributed by atoms with Crippen molar-refractivity contribution in [2.45, 2.75) is 38.5 Å². The molecule has 1 aliphatic rings. The first-order chi connectivity index (χ1) is 13.6. The normalized spacial score (nSPS) is 18.9. The van der Waals surface area contributed by atoms with Crippen LogP contribution < -0.4 is 15.4 Å². The van der Waals surface area contributed by atoms with Gasteiger partial charge >= 0.3 is 6.18 Å². The van der Waals surface area contributed by atoms with E-state index < -0.39 is 24.2 Å². The monoisotopic (exact) mass is 430 g/mol. The standard InChI is InChI=1S/C19H22ClF3N4O2/c1-10(2)9-24-18(28)16-15(20)17-25-13(11-4-6-12(29-3)7-5-11)8-14(19(21,22)23)27(17)26-16/h4-7,10,13-14,25H,8-9H2,1-3H3,(H,24,28)/t13-,14+/m1/s1. The molecule has 1 amide bonds. The summed E-state index contributed by atoms with van der Waals surface area (Å²) in [6.45, 7) is 4.17. The summed E-state index contributed by atoms with van der Waals surface area (Å²) >= 11 is 6.27. The van der Waals surface area contributed by atoms with Gasteiger partial charge in [-0.15, -0.1) is 0 Å². The quantitative estimate of drug-likeness (QED) is 0.728. The van der Waals surface area contributed by atoms with E-state index in [1.54, 1.807) is 24.3 Å². The van der Waals surface area contributed by atoms with E-state index in [4.69, 9.17) is 16.3 Å². The Kier molecular flexibility index (Phi) is 5.97. The smallest absolute Gasteiger partial charge is 0.410 e. The number of methoxy groups -OCH3 is 1. The molecule has 0 fully saturated rings. The lowest BCUT2D eigenvalue weighted by molar-refractivity contribution is -0.173. The third-order valence-corrected chi connectivity index (χ3v) is 5.06. The molecule has 158 valence electrons. The van der Waals surface area contributed by atoms with Crippen LogP contribution >= 0.6 is 11.6 Å². The zero-order chi connectivity index (χ0) is 21.3. The molecule has 0 unspecified atom stereocenters. The molecule has 0 radical (unpaired) electrons. The van der Waals surface area contributed by atoms with Crippen LogP contribution in [0.3, 0.4) is 0 Å². The van der Waals surface area contributed by atoms with Gasteiger partial charge in [-0.3, -0.25) is 4.79 Å². The predicted octanol–water partition coefficient (Wildman–Crippen LogP) is 4.59. The number of halogens is 4. The van der Waals surface area contributed by atoms with Crippen molar-refractivity contribution in [1.29, 1.82) is 0 Å². The Balaban J connectivity index is 1.96. The van der Waals surface area contributed by atoms with Gasteiger partial charge in [0.2, 0.25) is 0 Å². The van der Waals surface area contributed by atoms with Gasteiger partial charge in [0.05, 0.1) is 13.2 Å². The van der Waals surface area contributed by atoms with Crippen LogP contribution in [0.15, 0.2) is 24.3 Å². The maximum absolute atomic E-state index is 13.8. The number of anilines is 1. The summed E-state index contributed by atoms with van der Waals surface area (Å²) in [4.78, 5) is 12.4. The van der Waals surface area contributed by atoms with Gasteiger partial charge in [-0.05, 0) is 23.6 Å². The number of amides is 1. The maximum Gasteiger partial charge on any atom is 0.410 e. The minimum absolute atomic E-state index is 0.0178. The van der Waals surface area contributed by atoms with E-state index in [1.807, 2.05) is 13.8 Å². The zero-order valence-electron chi connectivity index (χ0n) is 16.2. The fraction of sp³-hybridized carbons (Fsp3) is 0.474. The summed E-state index contributed by atoms with van der Waals surface area (Å²) in [5.41, 5.74) is 0.425. The third kappa shape index (κ3) is 4.44. The molecule has 3 rings (SSSR count). The molecule has 6 nitrogen and oxygen atoms in total. The lowest BCUT2D eigenvalue weighted by atomic mass is 9.97. The number of rotatable bonds is 5. The second kappa shape index (κ2) is 8.14. The fourth-order valence-corrected chi connectivity index (χ4v) is 3.43. The Morgan fingerprint density at radius 1 is 1.38 bits per heavy atom. The van der Waals surface area contributed by atoms with Crippen LogP contribution in [0.25, 0.3) is 0 Å². The number of alkyl halides is 3. The van der Waals surface area contributed by atoms with Crippen molar-refractivity contribution in [1.82, 2.24) is 15.1 Å². The van der Waals surface area contributed by atoms with Gasteiger partial charge in [0.15, 0.2) is 11.7 Å². The van der Waals surface area contributed by atoms with E-state index in [0.29, 0.717) is 17.9 Å². The second-order valence-corrected chi connectivity index (χ2v) is 7.70. The van der Waals surface area contributed by atoms with Gasteiger partial charge in [-0.2, -0.15) is 18.3 Å². The summed E-state index contributed by atoms with van der Waals surface area (Å²) in [6.07, 6.45) is -4.84. The third-order valence-electron chi connectivity index (χ3n) is 4.70. The average Bonchev–Trinajstić information content (AvgIpc) is 3.01. The van der Waals surface area contributed by atoms with Crippen LogP contribution in [0.4, 0.5) is 19.0 Å². The van der Waals surface area contributed by atoms with Crippen molar-refractivity contribution in [2.75, 3.05) is 19.0 Å². The molecule has 2 N–H and O–H groups in total. The molecule has 1 aromatic heterocycles. The van der Waals surface area contributed by atoms with Gasteiger partial charge in [0, 0.05) is 13.0 Å². The van der Waals surface area contributed by atoms with Crippen LogP contribution in [-0.2, 0) is 0 Å². The molecule has 0 bridgehead atoms. The van der Waals surface area contributed by atoms with Gasteiger partial charge in [0.25, 0.3) is 5.91 Å². The van der Waals surface area contributed by atoms with Crippen LogP contribution in [0.5, 0.6) is 5.75 Å². The Morgan fingerprint density at radius 2 is 2.03 bits per heavy atom. The van der Waals surface area contributed by atoms with Crippen molar-refractivity contribution in [3.05, 3.63) is 40.5 Å². The summed E-state index contributed by atoms with van der Waals surface area (Å²) in [6, 6.07) is 4.19. The molecule has 0 spiro atoms. The lowest BCUT2D eigenvalue weighted by Crippen LogP contribution is -2.36. The maximum atomic E-state index is 13.8. The average molecular weight is 431 g/mol.